The van der Waals surface area contributed by atoms with E-state index in [2.05, 4.69) is 20.5 Å². The highest BCUT2D eigenvalue weighted by Crippen LogP contribution is 2.24. The van der Waals surface area contributed by atoms with E-state index >= 15 is 0 Å². The van der Waals surface area contributed by atoms with Crippen LogP contribution in [0.25, 0.3) is 5.65 Å². The molecule has 3 aromatic rings. The van der Waals surface area contributed by atoms with Gasteiger partial charge in [0.2, 0.25) is 0 Å². The molecule has 21 heavy (non-hydrogen) atoms. The Morgan fingerprint density at radius 3 is 2.81 bits per heavy atom. The van der Waals surface area contributed by atoms with Gasteiger partial charge in [-0.15, -0.1) is 5.10 Å². The summed E-state index contributed by atoms with van der Waals surface area (Å²) in [6, 6.07) is 9.91. The molecule has 2 heterocycles. The molecule has 0 saturated heterocycles. The number of fused-ring (bicyclic) bond motifs is 1. The SMILES string of the molecule is NC(=S)CCN(c1ccccc1)c1cncc2nnnn12. The van der Waals surface area contributed by atoms with Gasteiger partial charge in [0.05, 0.1) is 17.4 Å². The Bertz CT molecular complexity index is 755. The molecule has 2 N–H and O–H groups in total. The third-order valence-corrected chi connectivity index (χ3v) is 3.22. The summed E-state index contributed by atoms with van der Waals surface area (Å²) in [7, 11) is 0. The van der Waals surface area contributed by atoms with E-state index in [0.717, 1.165) is 11.5 Å². The van der Waals surface area contributed by atoms with Gasteiger partial charge in [-0.2, -0.15) is 4.52 Å². The summed E-state index contributed by atoms with van der Waals surface area (Å²) < 4.78 is 1.64. The van der Waals surface area contributed by atoms with Gasteiger partial charge in [-0.3, -0.25) is 4.98 Å². The lowest BCUT2D eigenvalue weighted by molar-refractivity contribution is 0.798. The van der Waals surface area contributed by atoms with Crippen molar-refractivity contribution in [3.8, 4) is 0 Å². The Balaban J connectivity index is 2.06. The average molecular weight is 299 g/mol. The van der Waals surface area contributed by atoms with Gasteiger partial charge in [-0.05, 0) is 22.6 Å². The van der Waals surface area contributed by atoms with E-state index in [-0.39, 0.29) is 0 Å². The third-order valence-electron chi connectivity index (χ3n) is 3.02. The number of nitrogens with zero attached hydrogens (tertiary/aromatic N) is 6. The molecule has 0 spiro atoms. The minimum atomic E-state index is 0.466. The second-order valence-corrected chi connectivity index (χ2v) is 4.94. The van der Waals surface area contributed by atoms with Crippen molar-refractivity contribution in [1.29, 1.82) is 0 Å². The number of hydrogen-bond acceptors (Lipinski definition) is 6. The molecule has 0 unspecified atom stereocenters. The van der Waals surface area contributed by atoms with Crippen molar-refractivity contribution in [2.45, 2.75) is 6.42 Å². The maximum Gasteiger partial charge on any atom is 0.199 e. The van der Waals surface area contributed by atoms with E-state index in [9.17, 15) is 0 Å². The Morgan fingerprint density at radius 2 is 2.05 bits per heavy atom. The first-order chi connectivity index (χ1) is 10.3. The van der Waals surface area contributed by atoms with Crippen LogP contribution in [0.3, 0.4) is 0 Å². The summed E-state index contributed by atoms with van der Waals surface area (Å²) in [6.45, 7) is 0.625. The minimum absolute atomic E-state index is 0.466. The fraction of sp³-hybridized carbons (Fsp3) is 0.154. The number of aromatic nitrogens is 5. The largest absolute Gasteiger partial charge is 0.393 e. The molecule has 0 saturated carbocycles. The summed E-state index contributed by atoms with van der Waals surface area (Å²) >= 11 is 4.98. The van der Waals surface area contributed by atoms with E-state index in [0.29, 0.717) is 23.6 Å². The molecule has 0 aliphatic carbocycles. The van der Waals surface area contributed by atoms with Crippen molar-refractivity contribution in [3.05, 3.63) is 42.7 Å². The van der Waals surface area contributed by atoms with Gasteiger partial charge in [0, 0.05) is 18.7 Å². The van der Waals surface area contributed by atoms with E-state index in [1.54, 1.807) is 16.9 Å². The number of hydrogen-bond donors (Lipinski definition) is 1. The van der Waals surface area contributed by atoms with Crippen LogP contribution in [0.15, 0.2) is 42.7 Å². The second-order valence-electron chi connectivity index (χ2n) is 4.42. The normalized spacial score (nSPS) is 10.7. The van der Waals surface area contributed by atoms with Crippen molar-refractivity contribution in [1.82, 2.24) is 25.0 Å². The molecule has 2 aromatic heterocycles. The van der Waals surface area contributed by atoms with Crippen molar-refractivity contribution in [2.24, 2.45) is 5.73 Å². The quantitative estimate of drug-likeness (QED) is 0.711. The van der Waals surface area contributed by atoms with Crippen molar-refractivity contribution >= 4 is 34.4 Å². The molecule has 8 heteroatoms. The van der Waals surface area contributed by atoms with Crippen molar-refractivity contribution in [3.63, 3.8) is 0 Å². The molecule has 0 atom stereocenters. The van der Waals surface area contributed by atoms with Gasteiger partial charge in [-0.1, -0.05) is 30.4 Å². The van der Waals surface area contributed by atoms with Crippen LogP contribution in [0.1, 0.15) is 6.42 Å². The molecule has 0 amide bonds. The lowest BCUT2D eigenvalue weighted by Crippen LogP contribution is -2.25. The third kappa shape index (κ3) is 2.79. The molecule has 0 aliphatic heterocycles. The highest BCUT2D eigenvalue weighted by atomic mass is 32.1. The predicted molar refractivity (Wildman–Crippen MR) is 83.4 cm³/mol. The van der Waals surface area contributed by atoms with Crippen molar-refractivity contribution < 1.29 is 0 Å². The van der Waals surface area contributed by atoms with E-state index in [1.165, 1.54) is 0 Å². The molecular formula is C13H13N7S. The number of benzene rings is 1. The van der Waals surface area contributed by atoms with Crippen LogP contribution in [0.2, 0.25) is 0 Å². The van der Waals surface area contributed by atoms with Gasteiger partial charge in [-0.25, -0.2) is 0 Å². The first-order valence-corrected chi connectivity index (χ1v) is 6.79. The molecule has 3 rings (SSSR count). The van der Waals surface area contributed by atoms with Crippen LogP contribution < -0.4 is 10.6 Å². The molecule has 0 bridgehead atoms. The highest BCUT2D eigenvalue weighted by molar-refractivity contribution is 7.80. The number of nitrogens with two attached hydrogens (primary N) is 1. The zero-order valence-corrected chi connectivity index (χ0v) is 11.9. The molecule has 0 aliphatic rings. The smallest absolute Gasteiger partial charge is 0.199 e. The summed E-state index contributed by atoms with van der Waals surface area (Å²) in [4.78, 5) is 6.69. The van der Waals surface area contributed by atoms with Gasteiger partial charge in [0.15, 0.2) is 11.5 Å². The first-order valence-electron chi connectivity index (χ1n) is 6.39. The van der Waals surface area contributed by atoms with E-state index in [1.807, 2.05) is 35.2 Å². The first kappa shape index (κ1) is 13.4. The van der Waals surface area contributed by atoms with E-state index in [4.69, 9.17) is 18.0 Å². The van der Waals surface area contributed by atoms with Crippen LogP contribution in [-0.2, 0) is 0 Å². The molecular weight excluding hydrogens is 286 g/mol. The Hall–Kier alpha value is -2.61. The lowest BCUT2D eigenvalue weighted by atomic mass is 10.2. The topological polar surface area (TPSA) is 85.2 Å². The number of tetrazole rings is 1. The summed E-state index contributed by atoms with van der Waals surface area (Å²) in [5, 5.41) is 11.6. The van der Waals surface area contributed by atoms with Crippen LogP contribution in [0, 0.1) is 0 Å². The second kappa shape index (κ2) is 5.80. The van der Waals surface area contributed by atoms with E-state index < -0.39 is 0 Å². The number of para-hydroxylation sites is 1. The molecule has 7 nitrogen and oxygen atoms in total. The molecule has 0 radical (unpaired) electrons. The fourth-order valence-corrected chi connectivity index (χ4v) is 2.14. The van der Waals surface area contributed by atoms with Gasteiger partial charge in [0.25, 0.3) is 0 Å². The number of thiocarbonyl (C=S) groups is 1. The maximum absolute atomic E-state index is 5.63. The standard InChI is InChI=1S/C13H13N7S/c14-11(21)6-7-19(10-4-2-1-3-5-10)13-9-15-8-12-16-17-18-20(12)13/h1-5,8-9H,6-7H2,(H2,14,21). The molecule has 106 valence electrons. The van der Waals surface area contributed by atoms with Gasteiger partial charge in [0.1, 0.15) is 0 Å². The summed E-state index contributed by atoms with van der Waals surface area (Å²) in [6.07, 6.45) is 3.92. The molecule has 1 aromatic carbocycles. The Kier molecular flexibility index (Phi) is 3.69. The number of rotatable bonds is 5. The maximum atomic E-state index is 5.63. The van der Waals surface area contributed by atoms with Crippen LogP contribution in [0.5, 0.6) is 0 Å². The monoisotopic (exact) mass is 299 g/mol. The summed E-state index contributed by atoms with van der Waals surface area (Å²) in [5.74, 6) is 0.764. The Labute approximate surface area is 126 Å². The zero-order valence-electron chi connectivity index (χ0n) is 11.1. The number of anilines is 2. The average Bonchev–Trinajstić information content (AvgIpc) is 2.97. The Morgan fingerprint density at radius 1 is 1.24 bits per heavy atom. The van der Waals surface area contributed by atoms with Crippen LogP contribution in [0.4, 0.5) is 11.5 Å². The zero-order chi connectivity index (χ0) is 14.7. The fourth-order valence-electron chi connectivity index (χ4n) is 2.05. The predicted octanol–water partition coefficient (Wildman–Crippen LogP) is 1.33. The van der Waals surface area contributed by atoms with Crippen LogP contribution in [-0.4, -0.2) is 36.6 Å². The lowest BCUT2D eigenvalue weighted by Gasteiger charge is -2.24. The molecule has 0 fully saturated rings. The van der Waals surface area contributed by atoms with Crippen molar-refractivity contribution in [2.75, 3.05) is 11.4 Å². The van der Waals surface area contributed by atoms with Crippen LogP contribution >= 0.6 is 12.2 Å². The van der Waals surface area contributed by atoms with Gasteiger partial charge < -0.3 is 10.6 Å². The van der Waals surface area contributed by atoms with Gasteiger partial charge >= 0.3 is 0 Å². The highest BCUT2D eigenvalue weighted by Gasteiger charge is 2.14. The minimum Gasteiger partial charge on any atom is -0.393 e. The summed E-state index contributed by atoms with van der Waals surface area (Å²) in [5.41, 5.74) is 7.22.